The van der Waals surface area contributed by atoms with Crippen molar-refractivity contribution in [3.05, 3.63) is 147 Å². The standard InChI is InChI=1S/C36H27Cl2N5O3S/c1-39-35(45)30(18-22-9-11-24(12-10-22)34(44)23-6-3-2-4-7-23)41-36(46)33-16-15-32(47-33)31-20-29(25-8-5-17-40-21-25)42-43(31)26-13-14-27(37)28(38)19-26/h2-17,19-21,30H,18H2,1H3,(H,39,45)(H,41,46)/t30-/m0/s1. The third kappa shape index (κ3) is 7.18. The van der Waals surface area contributed by atoms with Crippen molar-refractivity contribution in [2.24, 2.45) is 0 Å². The number of nitrogens with one attached hydrogen (secondary N) is 2. The van der Waals surface area contributed by atoms with Crippen LogP contribution >= 0.6 is 34.5 Å². The van der Waals surface area contributed by atoms with E-state index in [9.17, 15) is 14.4 Å². The van der Waals surface area contributed by atoms with Gasteiger partial charge in [0, 0.05) is 42.6 Å². The lowest BCUT2D eigenvalue weighted by Gasteiger charge is -2.17. The highest BCUT2D eigenvalue weighted by atomic mass is 35.5. The zero-order valence-corrected chi connectivity index (χ0v) is 27.3. The largest absolute Gasteiger partial charge is 0.357 e. The van der Waals surface area contributed by atoms with E-state index in [1.807, 2.05) is 48.5 Å². The van der Waals surface area contributed by atoms with Gasteiger partial charge in [-0.25, -0.2) is 4.68 Å². The number of carbonyl (C=O) groups is 3. The van der Waals surface area contributed by atoms with Gasteiger partial charge >= 0.3 is 0 Å². The molecular weight excluding hydrogens is 653 g/mol. The number of aromatic nitrogens is 3. The lowest BCUT2D eigenvalue weighted by molar-refractivity contribution is -0.122. The number of ketones is 1. The second kappa shape index (κ2) is 14.1. The molecule has 0 bridgehead atoms. The molecule has 2 amide bonds. The second-order valence-electron chi connectivity index (χ2n) is 10.6. The molecule has 0 saturated carbocycles. The molecule has 0 spiro atoms. The number of carbonyl (C=O) groups excluding carboxylic acids is 3. The summed E-state index contributed by atoms with van der Waals surface area (Å²) in [5, 5.41) is 11.2. The molecular formula is C36H27Cl2N5O3S. The number of hydrogen-bond acceptors (Lipinski definition) is 6. The van der Waals surface area contributed by atoms with Crippen molar-refractivity contribution in [2.75, 3.05) is 7.05 Å². The first-order valence-electron chi connectivity index (χ1n) is 14.6. The molecule has 11 heteroatoms. The van der Waals surface area contributed by atoms with Gasteiger partial charge in [0.1, 0.15) is 6.04 Å². The topological polar surface area (TPSA) is 106 Å². The summed E-state index contributed by atoms with van der Waals surface area (Å²) in [6.07, 6.45) is 3.66. The summed E-state index contributed by atoms with van der Waals surface area (Å²) in [4.78, 5) is 44.6. The SMILES string of the molecule is CNC(=O)[C@H](Cc1ccc(C(=O)c2ccccc2)cc1)NC(=O)c1ccc(-c2cc(-c3cccnc3)nn2-c2ccc(Cl)c(Cl)c2)s1. The first-order chi connectivity index (χ1) is 22.8. The van der Waals surface area contributed by atoms with Gasteiger partial charge in [-0.1, -0.05) is 77.8 Å². The molecule has 3 aromatic carbocycles. The molecule has 0 aliphatic rings. The quantitative estimate of drug-likeness (QED) is 0.148. The summed E-state index contributed by atoms with van der Waals surface area (Å²) in [6.45, 7) is 0. The number of pyridine rings is 1. The van der Waals surface area contributed by atoms with Crippen molar-refractivity contribution >= 4 is 52.1 Å². The third-order valence-electron chi connectivity index (χ3n) is 7.46. The van der Waals surface area contributed by atoms with Crippen LogP contribution in [0.2, 0.25) is 10.0 Å². The molecule has 0 aliphatic carbocycles. The fourth-order valence-corrected chi connectivity index (χ4v) is 6.22. The highest BCUT2D eigenvalue weighted by molar-refractivity contribution is 7.17. The predicted molar refractivity (Wildman–Crippen MR) is 185 cm³/mol. The molecule has 234 valence electrons. The van der Waals surface area contributed by atoms with Crippen molar-refractivity contribution in [2.45, 2.75) is 12.5 Å². The van der Waals surface area contributed by atoms with E-state index in [0.717, 1.165) is 21.7 Å². The summed E-state index contributed by atoms with van der Waals surface area (Å²) < 4.78 is 1.75. The molecule has 0 aliphatic heterocycles. The molecule has 3 aromatic heterocycles. The van der Waals surface area contributed by atoms with Gasteiger partial charge < -0.3 is 10.6 Å². The smallest absolute Gasteiger partial charge is 0.262 e. The lowest BCUT2D eigenvalue weighted by Crippen LogP contribution is -2.46. The van der Waals surface area contributed by atoms with Crippen LogP contribution in [0.5, 0.6) is 0 Å². The summed E-state index contributed by atoms with van der Waals surface area (Å²) in [5.74, 6) is -0.813. The van der Waals surface area contributed by atoms with Crippen molar-refractivity contribution < 1.29 is 14.4 Å². The normalized spacial score (nSPS) is 11.6. The molecule has 47 heavy (non-hydrogen) atoms. The maximum atomic E-state index is 13.5. The summed E-state index contributed by atoms with van der Waals surface area (Å²) >= 11 is 13.8. The van der Waals surface area contributed by atoms with Crippen LogP contribution in [0, 0.1) is 0 Å². The highest BCUT2D eigenvalue weighted by Gasteiger charge is 2.23. The van der Waals surface area contributed by atoms with E-state index >= 15 is 0 Å². The lowest BCUT2D eigenvalue weighted by atomic mass is 9.99. The molecule has 0 saturated heterocycles. The van der Waals surface area contributed by atoms with Crippen molar-refractivity contribution in [1.29, 1.82) is 0 Å². The van der Waals surface area contributed by atoms with Gasteiger partial charge in [0.25, 0.3) is 5.91 Å². The van der Waals surface area contributed by atoms with Crippen LogP contribution in [-0.4, -0.2) is 45.5 Å². The number of rotatable bonds is 10. The molecule has 1 atom stereocenters. The first-order valence-corrected chi connectivity index (χ1v) is 16.1. The minimum absolute atomic E-state index is 0.0881. The monoisotopic (exact) mass is 679 g/mol. The summed E-state index contributed by atoms with van der Waals surface area (Å²) in [5.41, 5.74) is 4.88. The molecule has 6 aromatic rings. The Morgan fingerprint density at radius 1 is 0.851 bits per heavy atom. The van der Waals surface area contributed by atoms with Gasteiger partial charge in [-0.3, -0.25) is 19.4 Å². The van der Waals surface area contributed by atoms with Crippen molar-refractivity contribution in [3.63, 3.8) is 0 Å². The van der Waals surface area contributed by atoms with E-state index in [-0.39, 0.29) is 24.0 Å². The van der Waals surface area contributed by atoms with Gasteiger partial charge in [-0.15, -0.1) is 11.3 Å². The number of benzene rings is 3. The molecule has 0 fully saturated rings. The van der Waals surface area contributed by atoms with Crippen molar-refractivity contribution in [1.82, 2.24) is 25.4 Å². The van der Waals surface area contributed by atoms with Crippen LogP contribution in [0.4, 0.5) is 0 Å². The fraction of sp³-hybridized carbons (Fsp3) is 0.0833. The predicted octanol–water partition coefficient (Wildman–Crippen LogP) is 7.29. The van der Waals surface area contributed by atoms with E-state index in [2.05, 4.69) is 15.6 Å². The summed E-state index contributed by atoms with van der Waals surface area (Å²) in [6, 6.07) is 29.7. The highest BCUT2D eigenvalue weighted by Crippen LogP contribution is 2.34. The minimum Gasteiger partial charge on any atom is -0.357 e. The Kier molecular flexibility index (Phi) is 9.58. The number of amides is 2. The van der Waals surface area contributed by atoms with Crippen molar-refractivity contribution in [3.8, 4) is 27.5 Å². The van der Waals surface area contributed by atoms with E-state index in [1.54, 1.807) is 71.7 Å². The number of hydrogen-bond donors (Lipinski definition) is 2. The summed E-state index contributed by atoms with van der Waals surface area (Å²) in [7, 11) is 1.52. The van der Waals surface area contributed by atoms with Gasteiger partial charge in [0.05, 0.1) is 36.9 Å². The molecule has 0 radical (unpaired) electrons. The van der Waals surface area contributed by atoms with Gasteiger partial charge in [0.15, 0.2) is 5.78 Å². The van der Waals surface area contributed by atoms with E-state index in [4.69, 9.17) is 28.3 Å². The Morgan fingerprint density at radius 3 is 2.32 bits per heavy atom. The van der Waals surface area contributed by atoms with Crippen LogP contribution in [0.3, 0.4) is 0 Å². The average Bonchev–Trinajstić information content (AvgIpc) is 3.78. The maximum absolute atomic E-state index is 13.5. The maximum Gasteiger partial charge on any atom is 0.262 e. The molecule has 8 nitrogen and oxygen atoms in total. The zero-order chi connectivity index (χ0) is 32.9. The van der Waals surface area contributed by atoms with E-state index in [1.165, 1.54) is 18.4 Å². The molecule has 3 heterocycles. The van der Waals surface area contributed by atoms with Gasteiger partial charge in [-0.2, -0.15) is 5.10 Å². The molecule has 0 unspecified atom stereocenters. The van der Waals surface area contributed by atoms with Crippen LogP contribution in [0.25, 0.3) is 27.5 Å². The Labute approximate surface area is 285 Å². The van der Waals surface area contributed by atoms with Crippen LogP contribution in [0.15, 0.2) is 116 Å². The molecule has 2 N–H and O–H groups in total. The van der Waals surface area contributed by atoms with E-state index < -0.39 is 6.04 Å². The van der Waals surface area contributed by atoms with Gasteiger partial charge in [-0.05, 0) is 54.1 Å². The third-order valence-corrected chi connectivity index (χ3v) is 9.30. The second-order valence-corrected chi connectivity index (χ2v) is 12.5. The fourth-order valence-electron chi connectivity index (χ4n) is 5.02. The number of thiophene rings is 1. The van der Waals surface area contributed by atoms with Crippen LogP contribution in [-0.2, 0) is 11.2 Å². The van der Waals surface area contributed by atoms with Crippen LogP contribution in [0.1, 0.15) is 31.2 Å². The zero-order valence-electron chi connectivity index (χ0n) is 25.0. The Hall–Kier alpha value is -5.09. The first kappa shape index (κ1) is 31.9. The Bertz CT molecular complexity index is 2060. The average molecular weight is 681 g/mol. The number of likely N-dealkylation sites (N-methyl/N-ethyl adjacent to an activating group) is 1. The number of halogens is 2. The Balaban J connectivity index is 1.23. The van der Waals surface area contributed by atoms with Crippen LogP contribution < -0.4 is 10.6 Å². The van der Waals surface area contributed by atoms with Gasteiger partial charge in [0.2, 0.25) is 5.91 Å². The minimum atomic E-state index is -0.840. The van der Waals surface area contributed by atoms with E-state index in [0.29, 0.717) is 37.4 Å². The Morgan fingerprint density at radius 2 is 1.62 bits per heavy atom. The number of nitrogens with zero attached hydrogens (tertiary/aromatic N) is 3. The molecule has 6 rings (SSSR count).